The number of nitrogens with one attached hydrogen (secondary N) is 1. The Morgan fingerprint density at radius 3 is 2.90 bits per heavy atom. The lowest BCUT2D eigenvalue weighted by atomic mass is 10.2. The molecule has 0 spiro atoms. The van der Waals surface area contributed by atoms with Gasteiger partial charge in [0.1, 0.15) is 17.0 Å². The van der Waals surface area contributed by atoms with Crippen LogP contribution in [0.2, 0.25) is 5.02 Å². The first kappa shape index (κ1) is 12.8. The number of carboxylic acid groups (broad SMARTS) is 1. The summed E-state index contributed by atoms with van der Waals surface area (Å²) in [7, 11) is 0. The molecule has 0 aliphatic heterocycles. The van der Waals surface area contributed by atoms with Gasteiger partial charge in [0, 0.05) is 0 Å². The molecule has 3 aromatic rings. The monoisotopic (exact) mass is 305 g/mol. The number of aromatic carboxylic acids is 1. The van der Waals surface area contributed by atoms with E-state index in [2.05, 4.69) is 15.3 Å². The van der Waals surface area contributed by atoms with Crippen LogP contribution in [0, 0.1) is 0 Å². The summed E-state index contributed by atoms with van der Waals surface area (Å²) >= 11 is 7.60. The van der Waals surface area contributed by atoms with E-state index in [1.807, 2.05) is 11.4 Å². The summed E-state index contributed by atoms with van der Waals surface area (Å²) in [5.74, 6) is -0.373. The van der Waals surface area contributed by atoms with Crippen molar-refractivity contribution in [3.05, 3.63) is 46.6 Å². The fourth-order valence-electron chi connectivity index (χ4n) is 1.77. The molecular weight excluding hydrogens is 298 g/mol. The molecule has 0 aliphatic carbocycles. The van der Waals surface area contributed by atoms with E-state index in [-0.39, 0.29) is 5.56 Å². The van der Waals surface area contributed by atoms with Crippen LogP contribution in [0.4, 0.5) is 11.5 Å². The van der Waals surface area contributed by atoms with Gasteiger partial charge in [-0.2, -0.15) is 0 Å². The predicted octanol–water partition coefficient (Wildman–Crippen LogP) is 3.79. The fraction of sp³-hybridized carbons (Fsp3) is 0. The zero-order valence-corrected chi connectivity index (χ0v) is 11.6. The number of hydrogen-bond acceptors (Lipinski definition) is 5. The van der Waals surface area contributed by atoms with Gasteiger partial charge in [-0.25, -0.2) is 14.8 Å². The number of aromatic nitrogens is 2. The molecule has 2 aromatic heterocycles. The van der Waals surface area contributed by atoms with Crippen molar-refractivity contribution in [2.75, 3.05) is 5.32 Å². The number of rotatable bonds is 3. The molecule has 0 saturated carbocycles. The first-order valence-corrected chi connectivity index (χ1v) is 6.89. The zero-order chi connectivity index (χ0) is 14.1. The minimum Gasteiger partial charge on any atom is -0.478 e. The second kappa shape index (κ2) is 5.07. The maximum atomic E-state index is 10.9. The Morgan fingerprint density at radius 1 is 1.30 bits per heavy atom. The zero-order valence-electron chi connectivity index (χ0n) is 10.0. The van der Waals surface area contributed by atoms with Gasteiger partial charge in [0.15, 0.2) is 0 Å². The van der Waals surface area contributed by atoms with Crippen molar-refractivity contribution in [1.82, 2.24) is 9.97 Å². The van der Waals surface area contributed by atoms with Crippen LogP contribution in [0.1, 0.15) is 10.4 Å². The summed E-state index contributed by atoms with van der Waals surface area (Å²) in [5.41, 5.74) is 0.742. The topological polar surface area (TPSA) is 75.1 Å². The highest BCUT2D eigenvalue weighted by atomic mass is 35.5. The van der Waals surface area contributed by atoms with E-state index < -0.39 is 5.97 Å². The molecule has 5 nitrogen and oxygen atoms in total. The van der Waals surface area contributed by atoms with Crippen LogP contribution in [-0.4, -0.2) is 21.0 Å². The summed E-state index contributed by atoms with van der Waals surface area (Å²) in [4.78, 5) is 20.1. The molecule has 0 fully saturated rings. The number of carboxylic acids is 1. The molecule has 2 N–H and O–H groups in total. The van der Waals surface area contributed by atoms with E-state index in [0.29, 0.717) is 16.5 Å². The Kier molecular flexibility index (Phi) is 3.25. The predicted molar refractivity (Wildman–Crippen MR) is 79.1 cm³/mol. The van der Waals surface area contributed by atoms with E-state index in [0.717, 1.165) is 10.2 Å². The SMILES string of the molecule is O=C(O)c1ccc(Nc2ncnc3sccc23)c(Cl)c1. The molecule has 0 bridgehead atoms. The number of thiophene rings is 1. The van der Waals surface area contributed by atoms with Gasteiger partial charge in [-0.05, 0) is 29.6 Å². The molecule has 0 radical (unpaired) electrons. The Morgan fingerprint density at radius 2 is 2.15 bits per heavy atom. The number of benzene rings is 1. The van der Waals surface area contributed by atoms with Crippen LogP contribution in [0.3, 0.4) is 0 Å². The highest BCUT2D eigenvalue weighted by molar-refractivity contribution is 7.16. The lowest BCUT2D eigenvalue weighted by molar-refractivity contribution is 0.0697. The van der Waals surface area contributed by atoms with Crippen LogP contribution >= 0.6 is 22.9 Å². The number of hydrogen-bond donors (Lipinski definition) is 2. The van der Waals surface area contributed by atoms with Gasteiger partial charge >= 0.3 is 5.97 Å². The van der Waals surface area contributed by atoms with Crippen LogP contribution in [0.25, 0.3) is 10.2 Å². The van der Waals surface area contributed by atoms with Crippen molar-refractivity contribution < 1.29 is 9.90 Å². The maximum Gasteiger partial charge on any atom is 0.335 e. The Balaban J connectivity index is 1.99. The summed E-state index contributed by atoms with van der Waals surface area (Å²) in [6, 6.07) is 6.43. The van der Waals surface area contributed by atoms with Crippen molar-refractivity contribution in [3.63, 3.8) is 0 Å². The lowest BCUT2D eigenvalue weighted by Crippen LogP contribution is -1.99. The molecule has 20 heavy (non-hydrogen) atoms. The molecule has 0 aliphatic rings. The smallest absolute Gasteiger partial charge is 0.335 e. The number of fused-ring (bicyclic) bond motifs is 1. The molecular formula is C13H8ClN3O2S. The van der Waals surface area contributed by atoms with E-state index >= 15 is 0 Å². The minimum atomic E-state index is -1.01. The van der Waals surface area contributed by atoms with E-state index in [1.54, 1.807) is 6.07 Å². The lowest BCUT2D eigenvalue weighted by Gasteiger charge is -2.08. The van der Waals surface area contributed by atoms with Gasteiger partial charge in [-0.3, -0.25) is 0 Å². The van der Waals surface area contributed by atoms with Crippen LogP contribution in [0.15, 0.2) is 36.0 Å². The molecule has 2 heterocycles. The first-order chi connectivity index (χ1) is 9.65. The van der Waals surface area contributed by atoms with Crippen molar-refractivity contribution in [2.24, 2.45) is 0 Å². The number of halogens is 1. The highest BCUT2D eigenvalue weighted by Gasteiger charge is 2.10. The Hall–Kier alpha value is -2.18. The van der Waals surface area contributed by atoms with Crippen LogP contribution in [-0.2, 0) is 0 Å². The van der Waals surface area contributed by atoms with Crippen molar-refractivity contribution in [1.29, 1.82) is 0 Å². The van der Waals surface area contributed by atoms with E-state index in [9.17, 15) is 4.79 Å². The average molecular weight is 306 g/mol. The quantitative estimate of drug-likeness (QED) is 0.770. The number of nitrogens with zero attached hydrogens (tertiary/aromatic N) is 2. The number of carbonyl (C=O) groups is 1. The summed E-state index contributed by atoms with van der Waals surface area (Å²) in [5, 5.41) is 15.2. The second-order valence-electron chi connectivity index (χ2n) is 3.99. The largest absolute Gasteiger partial charge is 0.478 e. The number of anilines is 2. The first-order valence-electron chi connectivity index (χ1n) is 5.63. The summed E-state index contributed by atoms with van der Waals surface area (Å²) in [6.07, 6.45) is 1.47. The molecule has 3 rings (SSSR count). The molecule has 100 valence electrons. The highest BCUT2D eigenvalue weighted by Crippen LogP contribution is 2.30. The van der Waals surface area contributed by atoms with E-state index in [1.165, 1.54) is 29.8 Å². The van der Waals surface area contributed by atoms with Crippen LogP contribution in [0.5, 0.6) is 0 Å². The standard InChI is InChI=1S/C13H8ClN3O2S/c14-9-5-7(13(18)19)1-2-10(9)17-11-8-3-4-20-12(8)16-6-15-11/h1-6H,(H,18,19)(H,15,16,17). The summed E-state index contributed by atoms with van der Waals surface area (Å²) < 4.78 is 0. The fourth-order valence-corrected chi connectivity index (χ4v) is 2.73. The summed E-state index contributed by atoms with van der Waals surface area (Å²) in [6.45, 7) is 0. The van der Waals surface area contributed by atoms with E-state index in [4.69, 9.17) is 16.7 Å². The van der Waals surface area contributed by atoms with Gasteiger partial charge in [0.25, 0.3) is 0 Å². The van der Waals surface area contributed by atoms with Gasteiger partial charge < -0.3 is 10.4 Å². The van der Waals surface area contributed by atoms with Crippen molar-refractivity contribution in [2.45, 2.75) is 0 Å². The van der Waals surface area contributed by atoms with Crippen LogP contribution < -0.4 is 5.32 Å². The van der Waals surface area contributed by atoms with Crippen molar-refractivity contribution in [3.8, 4) is 0 Å². The van der Waals surface area contributed by atoms with Gasteiger partial charge in [0.2, 0.25) is 0 Å². The third-order valence-electron chi connectivity index (χ3n) is 2.73. The Bertz CT molecular complexity index is 803. The minimum absolute atomic E-state index is 0.143. The third-order valence-corrected chi connectivity index (χ3v) is 3.86. The normalized spacial score (nSPS) is 10.7. The van der Waals surface area contributed by atoms with Gasteiger partial charge in [0.05, 0.1) is 21.7 Å². The van der Waals surface area contributed by atoms with Gasteiger partial charge in [-0.15, -0.1) is 11.3 Å². The molecule has 0 saturated heterocycles. The second-order valence-corrected chi connectivity index (χ2v) is 5.29. The molecule has 1 aromatic carbocycles. The molecule has 0 unspecified atom stereocenters. The average Bonchev–Trinajstić information content (AvgIpc) is 2.90. The van der Waals surface area contributed by atoms with Gasteiger partial charge in [-0.1, -0.05) is 11.6 Å². The molecule has 0 amide bonds. The molecule has 7 heteroatoms. The third kappa shape index (κ3) is 2.31. The Labute approximate surface area is 122 Å². The maximum absolute atomic E-state index is 10.9. The molecule has 0 atom stereocenters. The van der Waals surface area contributed by atoms with Crippen molar-refractivity contribution >= 4 is 50.6 Å².